The summed E-state index contributed by atoms with van der Waals surface area (Å²) in [5.74, 6) is 0.411. The molecule has 0 radical (unpaired) electrons. The molecular formula is C20H23FN2O3. The van der Waals surface area contributed by atoms with Crippen LogP contribution >= 0.6 is 0 Å². The van der Waals surface area contributed by atoms with Crippen molar-refractivity contribution in [3.63, 3.8) is 0 Å². The third-order valence-electron chi connectivity index (χ3n) is 4.60. The van der Waals surface area contributed by atoms with E-state index < -0.39 is 0 Å². The van der Waals surface area contributed by atoms with E-state index in [-0.39, 0.29) is 24.4 Å². The number of hydrogen-bond acceptors (Lipinski definition) is 4. The van der Waals surface area contributed by atoms with E-state index >= 15 is 0 Å². The number of benzene rings is 1. The number of ether oxygens (including phenoxy) is 2. The van der Waals surface area contributed by atoms with Crippen molar-refractivity contribution >= 4 is 5.91 Å². The van der Waals surface area contributed by atoms with Gasteiger partial charge in [-0.1, -0.05) is 6.07 Å². The lowest BCUT2D eigenvalue weighted by molar-refractivity contribution is 0.0538. The van der Waals surface area contributed by atoms with E-state index in [1.807, 2.05) is 6.92 Å². The molecule has 6 heteroatoms. The summed E-state index contributed by atoms with van der Waals surface area (Å²) in [6.45, 7) is 3.76. The molecule has 5 nitrogen and oxygen atoms in total. The largest absolute Gasteiger partial charge is 0.487 e. The Morgan fingerprint density at radius 2 is 2.15 bits per heavy atom. The molecule has 1 aromatic carbocycles. The molecule has 1 N–H and O–H groups in total. The monoisotopic (exact) mass is 358 g/mol. The van der Waals surface area contributed by atoms with Gasteiger partial charge in [-0.05, 0) is 49.9 Å². The average molecular weight is 358 g/mol. The van der Waals surface area contributed by atoms with Crippen LogP contribution in [0.1, 0.15) is 35.8 Å². The molecule has 0 aliphatic carbocycles. The van der Waals surface area contributed by atoms with E-state index in [0.29, 0.717) is 22.9 Å². The fourth-order valence-electron chi connectivity index (χ4n) is 2.98. The maximum absolute atomic E-state index is 13.1. The molecule has 1 aromatic heterocycles. The van der Waals surface area contributed by atoms with Crippen molar-refractivity contribution in [2.75, 3.05) is 13.2 Å². The Morgan fingerprint density at radius 3 is 2.85 bits per heavy atom. The lowest BCUT2D eigenvalue weighted by atomic mass is 9.93. The number of amides is 1. The Hall–Kier alpha value is -2.47. The van der Waals surface area contributed by atoms with E-state index in [0.717, 1.165) is 26.1 Å². The molecule has 0 spiro atoms. The summed E-state index contributed by atoms with van der Waals surface area (Å²) >= 11 is 0. The minimum Gasteiger partial charge on any atom is -0.487 e. The highest BCUT2D eigenvalue weighted by atomic mass is 19.1. The van der Waals surface area contributed by atoms with Crippen LogP contribution in [0.2, 0.25) is 0 Å². The maximum Gasteiger partial charge on any atom is 0.253 e. The maximum atomic E-state index is 13.1. The van der Waals surface area contributed by atoms with Crippen molar-refractivity contribution in [3.05, 3.63) is 59.7 Å². The van der Waals surface area contributed by atoms with Gasteiger partial charge in [-0.3, -0.25) is 9.78 Å². The minimum atomic E-state index is -0.346. The fraction of sp³-hybridized carbons (Fsp3) is 0.400. The number of pyridine rings is 1. The summed E-state index contributed by atoms with van der Waals surface area (Å²) in [5.41, 5.74) is 1.18. The van der Waals surface area contributed by atoms with Gasteiger partial charge in [-0.15, -0.1) is 0 Å². The van der Waals surface area contributed by atoms with E-state index in [4.69, 9.17) is 9.47 Å². The standard InChI is InChI=1S/C20H23FN2O3/c1-14(15-7-9-25-10-8-15)23-20(24)16-5-6-18(22-12-16)13-26-19-4-2-3-17(21)11-19/h2-6,11-12,14-15H,7-10,13H2,1H3,(H,23,24)/t14-/m1/s1. The molecule has 1 aliphatic heterocycles. The second-order valence-electron chi connectivity index (χ2n) is 6.50. The van der Waals surface area contributed by atoms with Crippen LogP contribution in [0.4, 0.5) is 4.39 Å². The topological polar surface area (TPSA) is 60.5 Å². The Labute approximate surface area is 152 Å². The third-order valence-corrected chi connectivity index (χ3v) is 4.60. The number of halogens is 1. The number of carbonyl (C=O) groups excluding carboxylic acids is 1. The van der Waals surface area contributed by atoms with Crippen molar-refractivity contribution in [2.24, 2.45) is 5.92 Å². The summed E-state index contributed by atoms with van der Waals surface area (Å²) < 4.78 is 24.0. The van der Waals surface area contributed by atoms with Crippen LogP contribution in [-0.2, 0) is 11.3 Å². The Morgan fingerprint density at radius 1 is 1.35 bits per heavy atom. The van der Waals surface area contributed by atoms with Gasteiger partial charge in [0.2, 0.25) is 0 Å². The normalized spacial score (nSPS) is 16.1. The third kappa shape index (κ3) is 5.02. The summed E-state index contributed by atoms with van der Waals surface area (Å²) in [6.07, 6.45) is 3.47. The Bertz CT molecular complexity index is 730. The first kappa shape index (κ1) is 18.3. The van der Waals surface area contributed by atoms with Crippen molar-refractivity contribution in [1.29, 1.82) is 0 Å². The predicted molar refractivity (Wildman–Crippen MR) is 95.4 cm³/mol. The van der Waals surface area contributed by atoms with Gasteiger partial charge in [-0.25, -0.2) is 4.39 Å². The number of nitrogens with zero attached hydrogens (tertiary/aromatic N) is 1. The number of nitrogens with one attached hydrogen (secondary N) is 1. The summed E-state index contributed by atoms with van der Waals surface area (Å²) in [4.78, 5) is 16.6. The highest BCUT2D eigenvalue weighted by molar-refractivity contribution is 5.94. The number of hydrogen-bond donors (Lipinski definition) is 1. The zero-order valence-electron chi connectivity index (χ0n) is 14.8. The van der Waals surface area contributed by atoms with Gasteiger partial charge >= 0.3 is 0 Å². The molecule has 2 aromatic rings. The zero-order chi connectivity index (χ0) is 18.4. The van der Waals surface area contributed by atoms with E-state index in [1.165, 1.54) is 18.3 Å². The van der Waals surface area contributed by atoms with Crippen molar-refractivity contribution < 1.29 is 18.7 Å². The van der Waals surface area contributed by atoms with Crippen molar-refractivity contribution in [3.8, 4) is 5.75 Å². The average Bonchev–Trinajstić information content (AvgIpc) is 2.67. The van der Waals surface area contributed by atoms with Crippen LogP contribution in [-0.4, -0.2) is 30.1 Å². The van der Waals surface area contributed by atoms with Gasteiger partial charge in [0.15, 0.2) is 0 Å². The second-order valence-corrected chi connectivity index (χ2v) is 6.50. The number of carbonyl (C=O) groups is 1. The highest BCUT2D eigenvalue weighted by Gasteiger charge is 2.22. The minimum absolute atomic E-state index is 0.0994. The molecule has 0 saturated carbocycles. The predicted octanol–water partition coefficient (Wildman–Crippen LogP) is 3.34. The van der Waals surface area contributed by atoms with Crippen LogP contribution in [0.3, 0.4) is 0 Å². The summed E-state index contributed by atoms with van der Waals surface area (Å²) in [5, 5.41) is 3.04. The molecule has 3 rings (SSSR count). The molecule has 0 unspecified atom stereocenters. The highest BCUT2D eigenvalue weighted by Crippen LogP contribution is 2.19. The van der Waals surface area contributed by atoms with Gasteiger partial charge in [-0.2, -0.15) is 0 Å². The number of rotatable bonds is 6. The summed E-state index contributed by atoms with van der Waals surface area (Å²) in [6, 6.07) is 9.52. The van der Waals surface area contributed by atoms with Crippen molar-refractivity contribution in [1.82, 2.24) is 10.3 Å². The molecule has 1 atom stereocenters. The van der Waals surface area contributed by atoms with E-state index in [1.54, 1.807) is 24.3 Å². The SMILES string of the molecule is C[C@@H](NC(=O)c1ccc(COc2cccc(F)c2)nc1)C1CCOCC1. The van der Waals surface area contributed by atoms with Gasteiger partial charge < -0.3 is 14.8 Å². The molecular weight excluding hydrogens is 335 g/mol. The quantitative estimate of drug-likeness (QED) is 0.860. The first-order valence-corrected chi connectivity index (χ1v) is 8.84. The molecule has 1 saturated heterocycles. The van der Waals surface area contributed by atoms with Gasteiger partial charge in [0.25, 0.3) is 5.91 Å². The van der Waals surface area contributed by atoms with Crippen LogP contribution < -0.4 is 10.1 Å². The van der Waals surface area contributed by atoms with Gasteiger partial charge in [0.1, 0.15) is 18.2 Å². The first-order valence-electron chi connectivity index (χ1n) is 8.84. The lowest BCUT2D eigenvalue weighted by Crippen LogP contribution is -2.40. The fourth-order valence-corrected chi connectivity index (χ4v) is 2.98. The molecule has 138 valence electrons. The first-order chi connectivity index (χ1) is 12.6. The Kier molecular flexibility index (Phi) is 6.17. The smallest absolute Gasteiger partial charge is 0.253 e. The second kappa shape index (κ2) is 8.76. The van der Waals surface area contributed by atoms with Gasteiger partial charge in [0, 0.05) is 31.5 Å². The van der Waals surface area contributed by atoms with Gasteiger partial charge in [0.05, 0.1) is 11.3 Å². The van der Waals surface area contributed by atoms with Crippen LogP contribution in [0.15, 0.2) is 42.6 Å². The van der Waals surface area contributed by atoms with Crippen LogP contribution in [0.5, 0.6) is 5.75 Å². The van der Waals surface area contributed by atoms with E-state index in [2.05, 4.69) is 10.3 Å². The van der Waals surface area contributed by atoms with Crippen LogP contribution in [0, 0.1) is 11.7 Å². The zero-order valence-corrected chi connectivity index (χ0v) is 14.8. The molecule has 26 heavy (non-hydrogen) atoms. The molecule has 2 heterocycles. The lowest BCUT2D eigenvalue weighted by Gasteiger charge is -2.28. The molecule has 0 bridgehead atoms. The summed E-state index contributed by atoms with van der Waals surface area (Å²) in [7, 11) is 0. The molecule has 1 fully saturated rings. The van der Waals surface area contributed by atoms with Crippen molar-refractivity contribution in [2.45, 2.75) is 32.4 Å². The molecule has 1 aliphatic rings. The van der Waals surface area contributed by atoms with Crippen LogP contribution in [0.25, 0.3) is 0 Å². The molecule has 1 amide bonds. The van der Waals surface area contributed by atoms with E-state index in [9.17, 15) is 9.18 Å². The Balaban J connectivity index is 1.52. The number of aromatic nitrogens is 1.